The number of anilines is 2. The van der Waals surface area contributed by atoms with Crippen LogP contribution >= 0.6 is 0 Å². The molecule has 7 nitrogen and oxygen atoms in total. The van der Waals surface area contributed by atoms with E-state index in [9.17, 15) is 9.59 Å². The van der Waals surface area contributed by atoms with Crippen molar-refractivity contribution in [2.75, 3.05) is 10.6 Å². The van der Waals surface area contributed by atoms with Crippen molar-refractivity contribution in [1.82, 2.24) is 15.0 Å². The van der Waals surface area contributed by atoms with Crippen LogP contribution in [-0.4, -0.2) is 26.8 Å². The zero-order valence-corrected chi connectivity index (χ0v) is 21.9. The van der Waals surface area contributed by atoms with Crippen LogP contribution in [-0.2, 0) is 9.59 Å². The second kappa shape index (κ2) is 9.83. The van der Waals surface area contributed by atoms with E-state index < -0.39 is 0 Å². The first-order chi connectivity index (χ1) is 18.6. The third-order valence-corrected chi connectivity index (χ3v) is 9.91. The van der Waals surface area contributed by atoms with Crippen molar-refractivity contribution in [3.63, 3.8) is 0 Å². The highest BCUT2D eigenvalue weighted by atomic mass is 16.2. The highest BCUT2D eigenvalue weighted by Gasteiger charge is 2.47. The molecular weight excluding hydrogens is 474 g/mol. The third-order valence-electron chi connectivity index (χ3n) is 9.91. The second-order valence-electron chi connectivity index (χ2n) is 12.3. The summed E-state index contributed by atoms with van der Waals surface area (Å²) in [7, 11) is 0. The van der Waals surface area contributed by atoms with Crippen molar-refractivity contribution in [3.8, 4) is 11.4 Å². The Kier molecular flexibility index (Phi) is 6.17. The average Bonchev–Trinajstić information content (AvgIpc) is 3.36. The van der Waals surface area contributed by atoms with Crippen LogP contribution in [0.15, 0.2) is 36.5 Å². The Labute approximate surface area is 223 Å². The Hall–Kier alpha value is -3.22. The van der Waals surface area contributed by atoms with E-state index in [-0.39, 0.29) is 23.7 Å². The second-order valence-corrected chi connectivity index (χ2v) is 12.3. The zero-order chi connectivity index (χ0) is 25.6. The van der Waals surface area contributed by atoms with Gasteiger partial charge in [-0.1, -0.05) is 25.7 Å². The standard InChI is InChI=1S/C31H37N5O2/c37-30(21-4-2-1-3-5-21)33-23-9-7-20(8-10-23)29-34-26-16-28(32-17-27(26)35-29)36-31(38)25-15-19-12-18-6-11-24(25)22(13-18)14-19/h7-10,16-19,21-22,24-25H,1-6,11-15H2,(H,33,37)(H,34,35)(H,32,36,38). The topological polar surface area (TPSA) is 99.8 Å². The van der Waals surface area contributed by atoms with Gasteiger partial charge in [0, 0.05) is 29.2 Å². The molecule has 3 aromatic rings. The fourth-order valence-electron chi connectivity index (χ4n) is 8.08. The number of nitrogens with one attached hydrogen (secondary N) is 3. The van der Waals surface area contributed by atoms with Crippen LogP contribution < -0.4 is 10.6 Å². The number of hydrogen-bond acceptors (Lipinski definition) is 4. The number of pyridine rings is 1. The van der Waals surface area contributed by atoms with E-state index in [1.807, 2.05) is 30.3 Å². The largest absolute Gasteiger partial charge is 0.337 e. The monoisotopic (exact) mass is 511 g/mol. The number of nitrogens with zero attached hydrogens (tertiary/aromatic N) is 2. The number of H-pyrrole nitrogens is 1. The van der Waals surface area contributed by atoms with Crippen LogP contribution in [0.3, 0.4) is 0 Å². The zero-order valence-electron chi connectivity index (χ0n) is 21.9. The van der Waals surface area contributed by atoms with Gasteiger partial charge in [-0.15, -0.1) is 0 Å². The molecule has 38 heavy (non-hydrogen) atoms. The number of benzene rings is 1. The Bertz CT molecular complexity index is 1340. The van der Waals surface area contributed by atoms with Crippen LogP contribution in [0.5, 0.6) is 0 Å². The van der Waals surface area contributed by atoms with Gasteiger partial charge in [0.25, 0.3) is 0 Å². The summed E-state index contributed by atoms with van der Waals surface area (Å²) in [4.78, 5) is 38.6. The fourth-order valence-corrected chi connectivity index (χ4v) is 8.08. The van der Waals surface area contributed by atoms with Crippen molar-refractivity contribution in [2.45, 2.75) is 70.6 Å². The molecule has 2 amide bonds. The number of hydrogen-bond donors (Lipinski definition) is 3. The molecule has 4 aliphatic rings. The molecule has 2 heterocycles. The molecular formula is C31H37N5O2. The summed E-state index contributed by atoms with van der Waals surface area (Å²) >= 11 is 0. The van der Waals surface area contributed by atoms with Crippen LogP contribution in [0.4, 0.5) is 11.5 Å². The van der Waals surface area contributed by atoms with E-state index in [4.69, 9.17) is 4.98 Å². The molecule has 3 N–H and O–H groups in total. The van der Waals surface area contributed by atoms with E-state index in [1.165, 1.54) is 38.5 Å². The molecule has 198 valence electrons. The van der Waals surface area contributed by atoms with Crippen LogP contribution in [0.2, 0.25) is 0 Å². The van der Waals surface area contributed by atoms with Gasteiger partial charge in [-0.3, -0.25) is 9.59 Å². The number of aromatic amines is 1. The molecule has 3 bridgehead atoms. The molecule has 0 saturated heterocycles. The number of carbonyl (C=O) groups excluding carboxylic acids is 2. The van der Waals surface area contributed by atoms with Gasteiger partial charge in [0.15, 0.2) is 0 Å². The first kappa shape index (κ1) is 23.9. The molecule has 1 aromatic carbocycles. The number of amides is 2. The van der Waals surface area contributed by atoms with Crippen LogP contribution in [0.25, 0.3) is 22.4 Å². The molecule has 7 heteroatoms. The van der Waals surface area contributed by atoms with E-state index in [0.717, 1.165) is 78.0 Å². The van der Waals surface area contributed by atoms with Gasteiger partial charge in [0.1, 0.15) is 11.6 Å². The molecule has 5 unspecified atom stereocenters. The SMILES string of the molecule is O=C(Nc1ccc(-c2nc3cc(NC(=O)C4CC5CC6CCC4C(C6)C5)ncc3[nH]2)cc1)C1CCCCC1. The lowest BCUT2D eigenvalue weighted by atomic mass is 9.54. The average molecular weight is 512 g/mol. The van der Waals surface area contributed by atoms with Gasteiger partial charge < -0.3 is 15.6 Å². The van der Waals surface area contributed by atoms with E-state index in [0.29, 0.717) is 11.7 Å². The lowest BCUT2D eigenvalue weighted by Gasteiger charge is -2.51. The summed E-state index contributed by atoms with van der Waals surface area (Å²) in [6, 6.07) is 9.67. The molecule has 4 aliphatic carbocycles. The summed E-state index contributed by atoms with van der Waals surface area (Å²) < 4.78 is 0. The predicted octanol–water partition coefficient (Wildman–Crippen LogP) is 6.54. The smallest absolute Gasteiger partial charge is 0.228 e. The first-order valence-corrected chi connectivity index (χ1v) is 14.7. The van der Waals surface area contributed by atoms with Gasteiger partial charge in [-0.25, -0.2) is 9.97 Å². The summed E-state index contributed by atoms with van der Waals surface area (Å²) in [6.07, 6.45) is 14.8. The summed E-state index contributed by atoms with van der Waals surface area (Å²) in [5.74, 6) is 4.75. The maximum absolute atomic E-state index is 13.3. The Morgan fingerprint density at radius 1 is 0.842 bits per heavy atom. The van der Waals surface area contributed by atoms with Crippen LogP contribution in [0.1, 0.15) is 70.6 Å². The normalized spacial score (nSPS) is 28.8. The number of fused-ring (bicyclic) bond motifs is 3. The first-order valence-electron chi connectivity index (χ1n) is 14.7. The van der Waals surface area contributed by atoms with Gasteiger partial charge in [-0.2, -0.15) is 0 Å². The number of aromatic nitrogens is 3. The Morgan fingerprint density at radius 3 is 2.50 bits per heavy atom. The van der Waals surface area contributed by atoms with Crippen LogP contribution in [0, 0.1) is 35.5 Å². The van der Waals surface area contributed by atoms with Gasteiger partial charge >= 0.3 is 0 Å². The van der Waals surface area contributed by atoms with Gasteiger partial charge in [0.2, 0.25) is 11.8 Å². The van der Waals surface area contributed by atoms with Crippen molar-refractivity contribution < 1.29 is 9.59 Å². The van der Waals surface area contributed by atoms with Gasteiger partial charge in [0.05, 0.1) is 17.2 Å². The van der Waals surface area contributed by atoms with E-state index in [2.05, 4.69) is 20.6 Å². The Balaban J connectivity index is 1.03. The molecule has 0 spiro atoms. The maximum atomic E-state index is 13.3. The highest BCUT2D eigenvalue weighted by molar-refractivity contribution is 5.94. The number of rotatable bonds is 5. The Morgan fingerprint density at radius 2 is 1.66 bits per heavy atom. The lowest BCUT2D eigenvalue weighted by Crippen LogP contribution is -2.46. The molecule has 7 rings (SSSR count). The maximum Gasteiger partial charge on any atom is 0.228 e. The summed E-state index contributed by atoms with van der Waals surface area (Å²) in [6.45, 7) is 0. The molecule has 2 aromatic heterocycles. The number of imidazole rings is 1. The minimum Gasteiger partial charge on any atom is -0.337 e. The molecule has 0 aliphatic heterocycles. The summed E-state index contributed by atoms with van der Waals surface area (Å²) in [5, 5.41) is 6.20. The van der Waals surface area contributed by atoms with E-state index >= 15 is 0 Å². The minimum atomic E-state index is 0.115. The van der Waals surface area contributed by atoms with Crippen molar-refractivity contribution in [1.29, 1.82) is 0 Å². The minimum absolute atomic E-state index is 0.115. The van der Waals surface area contributed by atoms with E-state index in [1.54, 1.807) is 6.20 Å². The molecule has 0 radical (unpaired) electrons. The summed E-state index contributed by atoms with van der Waals surface area (Å²) in [5.41, 5.74) is 3.36. The quantitative estimate of drug-likeness (QED) is 0.362. The number of carbonyl (C=O) groups is 2. The third kappa shape index (κ3) is 4.61. The fraction of sp³-hybridized carbons (Fsp3) is 0.548. The highest BCUT2D eigenvalue weighted by Crippen LogP contribution is 2.54. The molecule has 4 saturated carbocycles. The van der Waals surface area contributed by atoms with Crippen molar-refractivity contribution >= 4 is 34.4 Å². The predicted molar refractivity (Wildman–Crippen MR) is 148 cm³/mol. The van der Waals surface area contributed by atoms with Gasteiger partial charge in [-0.05, 0) is 92.9 Å². The lowest BCUT2D eigenvalue weighted by molar-refractivity contribution is -0.128. The van der Waals surface area contributed by atoms with Crippen molar-refractivity contribution in [3.05, 3.63) is 36.5 Å². The molecule has 4 fully saturated rings. The van der Waals surface area contributed by atoms with Crippen molar-refractivity contribution in [2.24, 2.45) is 35.5 Å². The molecule has 5 atom stereocenters.